The Morgan fingerprint density at radius 3 is 3.09 bits per heavy atom. The number of nitrogens with one attached hydrogen (secondary N) is 2. The van der Waals surface area contributed by atoms with Crippen LogP contribution in [0.25, 0.3) is 0 Å². The van der Waals surface area contributed by atoms with Crippen molar-refractivity contribution in [3.05, 3.63) is 10.6 Å². The summed E-state index contributed by atoms with van der Waals surface area (Å²) in [7, 11) is 1.64. The van der Waals surface area contributed by atoms with Crippen LogP contribution in [0.2, 0.25) is 0 Å². The van der Waals surface area contributed by atoms with Crippen molar-refractivity contribution < 1.29 is 14.3 Å². The van der Waals surface area contributed by atoms with Crippen LogP contribution in [0.5, 0.6) is 0 Å². The minimum absolute atomic E-state index is 0.0138. The van der Waals surface area contributed by atoms with Crippen LogP contribution in [0.1, 0.15) is 23.4 Å². The number of anilines is 1. The molecular weight excluding hydrogens is 304 g/mol. The van der Waals surface area contributed by atoms with E-state index >= 15 is 0 Å². The smallest absolute Gasteiger partial charge is 0.255 e. The van der Waals surface area contributed by atoms with Gasteiger partial charge in [-0.1, -0.05) is 0 Å². The van der Waals surface area contributed by atoms with Gasteiger partial charge >= 0.3 is 0 Å². The van der Waals surface area contributed by atoms with E-state index in [1.54, 1.807) is 7.05 Å². The third kappa shape index (κ3) is 3.45. The Hall–Kier alpha value is -1.51. The fourth-order valence-corrected chi connectivity index (χ4v) is 3.74. The largest absolute Gasteiger partial charge is 0.368 e. The molecule has 3 heterocycles. The first-order chi connectivity index (χ1) is 10.7. The van der Waals surface area contributed by atoms with Crippen molar-refractivity contribution in [3.8, 4) is 0 Å². The van der Waals surface area contributed by atoms with E-state index in [1.165, 1.54) is 11.3 Å². The molecule has 1 atom stereocenters. The number of ether oxygens (including phenoxy) is 1. The lowest BCUT2D eigenvalue weighted by Crippen LogP contribution is -2.38. The highest BCUT2D eigenvalue weighted by Crippen LogP contribution is 2.28. The van der Waals surface area contributed by atoms with Crippen LogP contribution in [0.3, 0.4) is 0 Å². The van der Waals surface area contributed by atoms with Gasteiger partial charge in [-0.2, -0.15) is 0 Å². The van der Waals surface area contributed by atoms with Gasteiger partial charge in [-0.15, -0.1) is 11.3 Å². The highest BCUT2D eigenvalue weighted by atomic mass is 32.1. The first kappa shape index (κ1) is 15.4. The number of rotatable bonds is 4. The molecule has 2 aliphatic heterocycles. The molecule has 1 unspecified atom stereocenters. The topological polar surface area (TPSA) is 83.6 Å². The van der Waals surface area contributed by atoms with Crippen LogP contribution in [0.4, 0.5) is 5.13 Å². The lowest BCUT2D eigenvalue weighted by atomic mass is 10.2. The quantitative estimate of drug-likeness (QED) is 0.836. The number of carbonyl (C=O) groups excluding carboxylic acids is 2. The number of aromatic nitrogens is 1. The summed E-state index contributed by atoms with van der Waals surface area (Å²) in [4.78, 5) is 31.2. The van der Waals surface area contributed by atoms with Gasteiger partial charge in [-0.3, -0.25) is 19.8 Å². The number of thiazole rings is 1. The Kier molecular flexibility index (Phi) is 4.70. The Morgan fingerprint density at radius 2 is 2.36 bits per heavy atom. The molecule has 0 bridgehead atoms. The van der Waals surface area contributed by atoms with Crippen LogP contribution < -0.4 is 10.6 Å². The predicted octanol–water partition coefficient (Wildman–Crippen LogP) is 0.365. The zero-order valence-electron chi connectivity index (χ0n) is 12.6. The third-order valence-corrected chi connectivity index (χ3v) is 4.91. The lowest BCUT2D eigenvalue weighted by molar-refractivity contribution is -0.124. The Labute approximate surface area is 133 Å². The zero-order chi connectivity index (χ0) is 15.5. The highest BCUT2D eigenvalue weighted by molar-refractivity contribution is 7.15. The third-order valence-electron chi connectivity index (χ3n) is 3.91. The van der Waals surface area contributed by atoms with Gasteiger partial charge in [0.1, 0.15) is 6.10 Å². The van der Waals surface area contributed by atoms with Gasteiger partial charge in [0, 0.05) is 38.0 Å². The summed E-state index contributed by atoms with van der Waals surface area (Å²) in [5, 5.41) is 6.12. The average Bonchev–Trinajstić information content (AvgIpc) is 3.15. The molecule has 2 aliphatic rings. The van der Waals surface area contributed by atoms with Crippen molar-refractivity contribution in [2.45, 2.75) is 31.9 Å². The molecule has 2 N–H and O–H groups in total. The molecule has 7 nitrogen and oxygen atoms in total. The van der Waals surface area contributed by atoms with Crippen molar-refractivity contribution >= 4 is 28.3 Å². The van der Waals surface area contributed by atoms with Gasteiger partial charge in [0.25, 0.3) is 5.91 Å². The monoisotopic (exact) mass is 324 g/mol. The van der Waals surface area contributed by atoms with E-state index in [0.717, 1.165) is 36.4 Å². The second-order valence-electron chi connectivity index (χ2n) is 5.51. The normalized spacial score (nSPS) is 21.4. The minimum atomic E-state index is -0.342. The zero-order valence-corrected chi connectivity index (χ0v) is 13.4. The van der Waals surface area contributed by atoms with Crippen molar-refractivity contribution in [3.63, 3.8) is 0 Å². The van der Waals surface area contributed by atoms with E-state index < -0.39 is 0 Å². The molecule has 120 valence electrons. The van der Waals surface area contributed by atoms with E-state index in [2.05, 4.69) is 20.5 Å². The second kappa shape index (κ2) is 6.72. The summed E-state index contributed by atoms with van der Waals surface area (Å²) < 4.78 is 5.37. The van der Waals surface area contributed by atoms with Crippen molar-refractivity contribution in [2.75, 3.05) is 32.1 Å². The SMILES string of the molecule is CNC(=O)CN1CCc2nc(NC(=O)C3CCCO3)sc2C1. The minimum Gasteiger partial charge on any atom is -0.368 e. The molecule has 2 amide bonds. The second-order valence-corrected chi connectivity index (χ2v) is 6.60. The molecule has 22 heavy (non-hydrogen) atoms. The fraction of sp³-hybridized carbons (Fsp3) is 0.643. The lowest BCUT2D eigenvalue weighted by Gasteiger charge is -2.24. The number of nitrogens with zero attached hydrogens (tertiary/aromatic N) is 2. The first-order valence-corrected chi connectivity index (χ1v) is 8.31. The molecule has 3 rings (SSSR count). The van der Waals surface area contributed by atoms with Crippen molar-refractivity contribution in [1.82, 2.24) is 15.2 Å². The summed E-state index contributed by atoms with van der Waals surface area (Å²) in [6, 6.07) is 0. The van der Waals surface area contributed by atoms with Crippen molar-refractivity contribution in [2.24, 2.45) is 0 Å². The maximum Gasteiger partial charge on any atom is 0.255 e. The van der Waals surface area contributed by atoms with Crippen LogP contribution in [0, 0.1) is 0 Å². The number of carbonyl (C=O) groups is 2. The number of hydrogen-bond donors (Lipinski definition) is 2. The Balaban J connectivity index is 1.60. The molecule has 1 saturated heterocycles. The van der Waals surface area contributed by atoms with Gasteiger partial charge in [-0.05, 0) is 12.8 Å². The standard InChI is InChI=1S/C14H20N4O3S/c1-15-12(19)8-18-5-4-9-11(7-18)22-14(16-9)17-13(20)10-3-2-6-21-10/h10H,2-8H2,1H3,(H,15,19)(H,16,17,20). The highest BCUT2D eigenvalue weighted by Gasteiger charge is 2.26. The van der Waals surface area contributed by atoms with Crippen LogP contribution >= 0.6 is 11.3 Å². The van der Waals surface area contributed by atoms with E-state index in [1.807, 2.05) is 0 Å². The molecule has 0 radical (unpaired) electrons. The summed E-state index contributed by atoms with van der Waals surface area (Å²) in [6.45, 7) is 2.56. The average molecular weight is 324 g/mol. The van der Waals surface area contributed by atoms with Crippen LogP contribution in [-0.4, -0.2) is 54.5 Å². The summed E-state index contributed by atoms with van der Waals surface area (Å²) in [5.41, 5.74) is 1.03. The van der Waals surface area contributed by atoms with Crippen LogP contribution in [0.15, 0.2) is 0 Å². The molecule has 1 aromatic rings. The maximum atomic E-state index is 12.0. The van der Waals surface area contributed by atoms with Gasteiger partial charge in [-0.25, -0.2) is 4.98 Å². The van der Waals surface area contributed by atoms with Gasteiger partial charge < -0.3 is 10.1 Å². The Bertz CT molecular complexity index is 568. The van der Waals surface area contributed by atoms with Gasteiger partial charge in [0.05, 0.1) is 12.2 Å². The number of amides is 2. The molecule has 0 saturated carbocycles. The molecule has 1 aromatic heterocycles. The van der Waals surface area contributed by atoms with E-state index in [0.29, 0.717) is 24.8 Å². The molecule has 0 spiro atoms. The fourth-order valence-electron chi connectivity index (χ4n) is 2.69. The van der Waals surface area contributed by atoms with Gasteiger partial charge in [0.2, 0.25) is 5.91 Å². The summed E-state index contributed by atoms with van der Waals surface area (Å²) >= 11 is 1.49. The number of fused-ring (bicyclic) bond motifs is 1. The predicted molar refractivity (Wildman–Crippen MR) is 82.8 cm³/mol. The van der Waals surface area contributed by atoms with Crippen molar-refractivity contribution in [1.29, 1.82) is 0 Å². The molecular formula is C14H20N4O3S. The summed E-state index contributed by atoms with van der Waals surface area (Å²) in [5.74, 6) is -0.0920. The molecule has 8 heteroatoms. The summed E-state index contributed by atoms with van der Waals surface area (Å²) in [6.07, 6.45) is 2.17. The van der Waals surface area contributed by atoms with Gasteiger partial charge in [0.15, 0.2) is 5.13 Å². The Morgan fingerprint density at radius 1 is 1.50 bits per heavy atom. The molecule has 0 aromatic carbocycles. The van der Waals surface area contributed by atoms with E-state index in [-0.39, 0.29) is 17.9 Å². The molecule has 0 aliphatic carbocycles. The molecule has 1 fully saturated rings. The number of hydrogen-bond acceptors (Lipinski definition) is 6. The maximum absolute atomic E-state index is 12.0. The van der Waals surface area contributed by atoms with Crippen LogP contribution in [-0.2, 0) is 27.3 Å². The van der Waals surface area contributed by atoms with E-state index in [9.17, 15) is 9.59 Å². The number of likely N-dealkylation sites (N-methyl/N-ethyl adjacent to an activating group) is 1. The van der Waals surface area contributed by atoms with E-state index in [4.69, 9.17) is 4.74 Å². The first-order valence-electron chi connectivity index (χ1n) is 7.49.